The summed E-state index contributed by atoms with van der Waals surface area (Å²) in [4.78, 5) is 50.1. The van der Waals surface area contributed by atoms with Gasteiger partial charge in [-0.2, -0.15) is 0 Å². The molecule has 196 valence electrons. The Hall–Kier alpha value is -4.84. The zero-order valence-corrected chi connectivity index (χ0v) is 22.2. The zero-order valence-electron chi connectivity index (χ0n) is 22.2. The molecule has 3 aliphatic rings. The molecule has 4 heterocycles. The van der Waals surface area contributed by atoms with E-state index in [9.17, 15) is 14.4 Å². The van der Waals surface area contributed by atoms with Gasteiger partial charge in [0.25, 0.3) is 0 Å². The van der Waals surface area contributed by atoms with E-state index in [2.05, 4.69) is 22.4 Å². The van der Waals surface area contributed by atoms with Crippen LogP contribution in [0.3, 0.4) is 0 Å². The fourth-order valence-electron chi connectivity index (χ4n) is 6.99. The third kappa shape index (κ3) is 3.22. The Morgan fingerprint density at radius 1 is 0.875 bits per heavy atom. The maximum atomic E-state index is 14.7. The Bertz CT molecular complexity index is 1730. The van der Waals surface area contributed by atoms with Crippen molar-refractivity contribution < 1.29 is 14.4 Å². The summed E-state index contributed by atoms with van der Waals surface area (Å²) < 4.78 is 0. The van der Waals surface area contributed by atoms with Gasteiger partial charge in [-0.05, 0) is 55.3 Å². The fraction of sp³-hybridized carbons (Fsp3) is 0.176. The van der Waals surface area contributed by atoms with Crippen molar-refractivity contribution in [2.24, 2.45) is 5.92 Å². The minimum Gasteiger partial charge on any atom is -0.352 e. The summed E-state index contributed by atoms with van der Waals surface area (Å²) in [6.07, 6.45) is 3.64. The van der Waals surface area contributed by atoms with Crippen molar-refractivity contribution in [3.05, 3.63) is 131 Å². The van der Waals surface area contributed by atoms with Crippen LogP contribution < -0.4 is 10.2 Å². The molecular weight excluding hydrogens is 498 g/mol. The number of Topliss-reactive ketones (excluding diaryl/α,β-unsaturated/α-hetero) is 2. The number of anilines is 2. The van der Waals surface area contributed by atoms with E-state index >= 15 is 0 Å². The zero-order chi connectivity index (χ0) is 27.6. The normalized spacial score (nSPS) is 24.1. The van der Waals surface area contributed by atoms with Crippen LogP contribution in [0.15, 0.2) is 103 Å². The van der Waals surface area contributed by atoms with Gasteiger partial charge in [-0.15, -0.1) is 0 Å². The van der Waals surface area contributed by atoms with Crippen molar-refractivity contribution in [3.8, 4) is 0 Å². The minimum atomic E-state index is -1.34. The van der Waals surface area contributed by atoms with Crippen LogP contribution in [0.5, 0.6) is 0 Å². The third-order valence-corrected chi connectivity index (χ3v) is 8.66. The lowest BCUT2D eigenvalue weighted by atomic mass is 9.64. The number of para-hydroxylation sites is 1. The molecule has 40 heavy (non-hydrogen) atoms. The van der Waals surface area contributed by atoms with E-state index in [0.717, 1.165) is 28.0 Å². The van der Waals surface area contributed by atoms with Crippen LogP contribution in [0.25, 0.3) is 5.57 Å². The van der Waals surface area contributed by atoms with Gasteiger partial charge in [0, 0.05) is 28.7 Å². The van der Waals surface area contributed by atoms with E-state index in [-0.39, 0.29) is 23.2 Å². The SMILES string of the molecule is CC1=C[C@@H]2N(c3ccc(C)cc31)[C@H](C(=O)c1ccccc1)[C@H](C(=O)c1ccccn1)[C@]21C(=O)Nc2ccccc21. The lowest BCUT2D eigenvalue weighted by Gasteiger charge is -2.39. The second kappa shape index (κ2) is 8.85. The fourth-order valence-corrected chi connectivity index (χ4v) is 6.99. The molecule has 1 fully saturated rings. The average Bonchev–Trinajstić information content (AvgIpc) is 3.45. The van der Waals surface area contributed by atoms with Crippen LogP contribution in [-0.4, -0.2) is 34.5 Å². The molecule has 1 amide bonds. The number of nitrogens with one attached hydrogen (secondary N) is 1. The maximum absolute atomic E-state index is 14.7. The Labute approximate surface area is 232 Å². The van der Waals surface area contributed by atoms with Crippen molar-refractivity contribution in [2.45, 2.75) is 31.3 Å². The first-order valence-corrected chi connectivity index (χ1v) is 13.5. The van der Waals surface area contributed by atoms with Gasteiger partial charge in [0.05, 0.1) is 12.0 Å². The smallest absolute Gasteiger partial charge is 0.238 e. The highest BCUT2D eigenvalue weighted by Gasteiger charge is 2.70. The summed E-state index contributed by atoms with van der Waals surface area (Å²) in [5, 5.41) is 3.07. The van der Waals surface area contributed by atoms with E-state index in [4.69, 9.17) is 0 Å². The van der Waals surface area contributed by atoms with Crippen LogP contribution in [0.1, 0.15) is 44.5 Å². The number of benzene rings is 3. The molecule has 3 aliphatic heterocycles. The lowest BCUT2D eigenvalue weighted by Crippen LogP contribution is -2.51. The number of fused-ring (bicyclic) bond motifs is 6. The van der Waals surface area contributed by atoms with Crippen molar-refractivity contribution in [3.63, 3.8) is 0 Å². The molecule has 1 saturated heterocycles. The third-order valence-electron chi connectivity index (χ3n) is 8.66. The predicted octanol–water partition coefficient (Wildman–Crippen LogP) is 5.64. The van der Waals surface area contributed by atoms with Crippen molar-refractivity contribution in [1.82, 2.24) is 4.98 Å². The molecule has 0 aliphatic carbocycles. The van der Waals surface area contributed by atoms with E-state index in [1.807, 2.05) is 73.3 Å². The number of carbonyl (C=O) groups is 3. The van der Waals surface area contributed by atoms with Crippen molar-refractivity contribution >= 4 is 34.4 Å². The molecule has 4 aromatic rings. The summed E-state index contributed by atoms with van der Waals surface area (Å²) in [6.45, 7) is 4.07. The first-order valence-electron chi connectivity index (χ1n) is 13.5. The van der Waals surface area contributed by atoms with Gasteiger partial charge in [-0.3, -0.25) is 19.4 Å². The number of pyridine rings is 1. The van der Waals surface area contributed by atoms with Gasteiger partial charge < -0.3 is 10.2 Å². The Kier molecular flexibility index (Phi) is 5.36. The number of allylic oxidation sites excluding steroid dienone is 1. The summed E-state index contributed by atoms with van der Waals surface area (Å²) in [7, 11) is 0. The second-order valence-corrected chi connectivity index (χ2v) is 10.8. The van der Waals surface area contributed by atoms with E-state index in [1.165, 1.54) is 0 Å². The summed E-state index contributed by atoms with van der Waals surface area (Å²) in [5.41, 5.74) is 4.72. The number of nitrogens with zero attached hydrogens (tertiary/aromatic N) is 2. The van der Waals surface area contributed by atoms with Gasteiger partial charge in [0.15, 0.2) is 11.6 Å². The number of ketones is 2. The molecule has 6 heteroatoms. The van der Waals surface area contributed by atoms with Crippen molar-refractivity contribution in [1.29, 1.82) is 0 Å². The van der Waals surface area contributed by atoms with Gasteiger partial charge >= 0.3 is 0 Å². The minimum absolute atomic E-state index is 0.201. The molecular formula is C34H27N3O3. The number of rotatable bonds is 4. The summed E-state index contributed by atoms with van der Waals surface area (Å²) >= 11 is 0. The molecule has 4 atom stereocenters. The highest BCUT2D eigenvalue weighted by Crippen LogP contribution is 2.58. The van der Waals surface area contributed by atoms with Gasteiger partial charge in [0.2, 0.25) is 5.91 Å². The predicted molar refractivity (Wildman–Crippen MR) is 154 cm³/mol. The van der Waals surface area contributed by atoms with E-state index in [1.54, 1.807) is 36.5 Å². The second-order valence-electron chi connectivity index (χ2n) is 10.8. The largest absolute Gasteiger partial charge is 0.352 e. The molecule has 7 rings (SSSR count). The summed E-state index contributed by atoms with van der Waals surface area (Å²) in [6, 6.07) is 26.4. The molecule has 3 aromatic carbocycles. The molecule has 0 unspecified atom stereocenters. The van der Waals surface area contributed by atoms with Crippen LogP contribution in [0.2, 0.25) is 0 Å². The molecule has 0 saturated carbocycles. The van der Waals surface area contributed by atoms with Crippen LogP contribution >= 0.6 is 0 Å². The number of aryl methyl sites for hydroxylation is 1. The molecule has 6 nitrogen and oxygen atoms in total. The maximum Gasteiger partial charge on any atom is 0.238 e. The number of hydrogen-bond acceptors (Lipinski definition) is 5. The molecule has 1 spiro atoms. The van der Waals surface area contributed by atoms with Crippen LogP contribution in [-0.2, 0) is 10.2 Å². The molecule has 0 bridgehead atoms. The molecule has 1 aromatic heterocycles. The Balaban J connectivity index is 1.57. The molecule has 0 radical (unpaired) electrons. The monoisotopic (exact) mass is 525 g/mol. The highest BCUT2D eigenvalue weighted by molar-refractivity contribution is 6.18. The Morgan fingerprint density at radius 3 is 2.40 bits per heavy atom. The summed E-state index contributed by atoms with van der Waals surface area (Å²) in [5.74, 6) is -1.83. The number of aromatic nitrogens is 1. The number of hydrogen-bond donors (Lipinski definition) is 1. The van der Waals surface area contributed by atoms with Crippen LogP contribution in [0, 0.1) is 12.8 Å². The molecule has 1 N–H and O–H groups in total. The van der Waals surface area contributed by atoms with E-state index < -0.39 is 23.4 Å². The number of amides is 1. The number of carbonyl (C=O) groups excluding carboxylic acids is 3. The topological polar surface area (TPSA) is 79.4 Å². The van der Waals surface area contributed by atoms with Crippen LogP contribution in [0.4, 0.5) is 11.4 Å². The van der Waals surface area contributed by atoms with Crippen molar-refractivity contribution in [2.75, 3.05) is 10.2 Å². The van der Waals surface area contributed by atoms with Gasteiger partial charge in [0.1, 0.15) is 17.2 Å². The first-order chi connectivity index (χ1) is 19.4. The quantitative estimate of drug-likeness (QED) is 0.349. The van der Waals surface area contributed by atoms with E-state index in [0.29, 0.717) is 11.3 Å². The Morgan fingerprint density at radius 2 is 1.62 bits per heavy atom. The standard InChI is InChI=1S/C34H27N3O3/c1-20-15-16-27-23(18-20)21(2)19-28-34(24-12-6-7-13-25(24)36-33(34)40)29(32(39)26-14-8-9-17-35-26)30(37(27)28)31(38)22-10-4-3-5-11-22/h3-19,28-30H,1-2H3,(H,36,40)/t28-,29+,30-,34+/m0/s1. The lowest BCUT2D eigenvalue weighted by molar-refractivity contribution is -0.121. The van der Waals surface area contributed by atoms with Gasteiger partial charge in [-0.1, -0.05) is 72.3 Å². The average molecular weight is 526 g/mol. The first kappa shape index (κ1) is 24.2. The highest BCUT2D eigenvalue weighted by atomic mass is 16.2. The van der Waals surface area contributed by atoms with Gasteiger partial charge in [-0.25, -0.2) is 0 Å².